The molecular weight excluding hydrogens is 260 g/mol. The van der Waals surface area contributed by atoms with Gasteiger partial charge in [0.1, 0.15) is 5.69 Å². The van der Waals surface area contributed by atoms with E-state index < -0.39 is 0 Å². The molecule has 0 aliphatic heterocycles. The predicted molar refractivity (Wildman–Crippen MR) is 83.9 cm³/mol. The Balaban J connectivity index is 1.93. The number of pyridine rings is 1. The second-order valence-electron chi connectivity index (χ2n) is 5.45. The highest BCUT2D eigenvalue weighted by atomic mass is 15.2. The molecule has 4 nitrogen and oxygen atoms in total. The van der Waals surface area contributed by atoms with E-state index in [4.69, 9.17) is 0 Å². The lowest BCUT2D eigenvalue weighted by Crippen LogP contribution is -1.89. The maximum Gasteiger partial charge on any atom is 0.181 e. The number of rotatable bonds is 3. The third-order valence-corrected chi connectivity index (χ3v) is 3.55. The molecule has 106 valence electrons. The van der Waals surface area contributed by atoms with Gasteiger partial charge in [0.2, 0.25) is 0 Å². The fraction of sp³-hybridized carbons (Fsp3) is 0.235. The van der Waals surface area contributed by atoms with Crippen molar-refractivity contribution in [2.45, 2.75) is 26.7 Å². The molecule has 0 aliphatic carbocycles. The summed E-state index contributed by atoms with van der Waals surface area (Å²) in [6, 6.07) is 12.3. The second kappa shape index (κ2) is 5.48. The number of nitrogens with one attached hydrogen (secondary N) is 1. The molecule has 2 heterocycles. The number of aryl methyl sites for hydroxylation is 1. The Morgan fingerprint density at radius 2 is 1.81 bits per heavy atom. The molecule has 0 atom stereocenters. The van der Waals surface area contributed by atoms with Crippen LogP contribution in [0, 0.1) is 6.92 Å². The van der Waals surface area contributed by atoms with Crippen LogP contribution in [0.2, 0.25) is 0 Å². The minimum Gasteiger partial charge on any atom is -0.257 e. The van der Waals surface area contributed by atoms with Crippen molar-refractivity contribution in [1.82, 2.24) is 20.2 Å². The van der Waals surface area contributed by atoms with Gasteiger partial charge in [-0.15, -0.1) is 0 Å². The zero-order chi connectivity index (χ0) is 14.8. The van der Waals surface area contributed by atoms with E-state index in [0.29, 0.717) is 17.6 Å². The van der Waals surface area contributed by atoms with Crippen molar-refractivity contribution >= 4 is 0 Å². The first-order valence-electron chi connectivity index (χ1n) is 7.10. The van der Waals surface area contributed by atoms with E-state index in [9.17, 15) is 0 Å². The van der Waals surface area contributed by atoms with E-state index in [1.165, 1.54) is 5.56 Å². The molecule has 0 bridgehead atoms. The van der Waals surface area contributed by atoms with Crippen molar-refractivity contribution in [3.8, 4) is 22.9 Å². The molecule has 3 aromatic rings. The van der Waals surface area contributed by atoms with Gasteiger partial charge in [0.25, 0.3) is 0 Å². The van der Waals surface area contributed by atoms with Crippen LogP contribution in [0.4, 0.5) is 0 Å². The Labute approximate surface area is 124 Å². The zero-order valence-electron chi connectivity index (χ0n) is 12.5. The molecule has 0 saturated heterocycles. The number of benzene rings is 1. The molecule has 0 amide bonds. The molecule has 3 rings (SSSR count). The van der Waals surface area contributed by atoms with Gasteiger partial charge in [-0.3, -0.25) is 10.1 Å². The lowest BCUT2D eigenvalue weighted by molar-refractivity contribution is 0.867. The first-order valence-corrected chi connectivity index (χ1v) is 7.10. The van der Waals surface area contributed by atoms with Gasteiger partial charge < -0.3 is 0 Å². The van der Waals surface area contributed by atoms with E-state index in [1.54, 1.807) is 6.20 Å². The van der Waals surface area contributed by atoms with Crippen molar-refractivity contribution in [3.05, 3.63) is 53.7 Å². The van der Waals surface area contributed by atoms with Gasteiger partial charge in [-0.05, 0) is 30.0 Å². The third-order valence-electron chi connectivity index (χ3n) is 3.55. The first kappa shape index (κ1) is 13.5. The summed E-state index contributed by atoms with van der Waals surface area (Å²) in [4.78, 5) is 8.92. The summed E-state index contributed by atoms with van der Waals surface area (Å²) in [5.41, 5.74) is 4.25. The molecule has 0 fully saturated rings. The SMILES string of the molecule is Cc1cccnc1-c1nc(-c2ccc(C(C)C)cc2)n[nH]1. The predicted octanol–water partition coefficient (Wildman–Crippen LogP) is 3.97. The number of nitrogens with zero attached hydrogens (tertiary/aromatic N) is 3. The summed E-state index contributed by atoms with van der Waals surface area (Å²) in [7, 11) is 0. The van der Waals surface area contributed by atoms with Crippen LogP contribution in [0.15, 0.2) is 42.6 Å². The van der Waals surface area contributed by atoms with Crippen LogP contribution < -0.4 is 0 Å². The summed E-state index contributed by atoms with van der Waals surface area (Å²) in [5, 5.41) is 7.28. The van der Waals surface area contributed by atoms with Gasteiger partial charge in [-0.2, -0.15) is 5.10 Å². The summed E-state index contributed by atoms with van der Waals surface area (Å²) in [5.74, 6) is 1.93. The van der Waals surface area contributed by atoms with Crippen LogP contribution in [0.25, 0.3) is 22.9 Å². The largest absolute Gasteiger partial charge is 0.257 e. The maximum absolute atomic E-state index is 4.56. The first-order chi connectivity index (χ1) is 10.1. The normalized spacial score (nSPS) is 11.0. The lowest BCUT2D eigenvalue weighted by Gasteiger charge is -2.04. The van der Waals surface area contributed by atoms with E-state index in [-0.39, 0.29) is 0 Å². The smallest absolute Gasteiger partial charge is 0.181 e. The van der Waals surface area contributed by atoms with Crippen LogP contribution in [0.5, 0.6) is 0 Å². The standard InChI is InChI=1S/C17H18N4/c1-11(2)13-6-8-14(9-7-13)16-19-17(21-20-16)15-12(3)5-4-10-18-15/h4-11H,1-3H3,(H,19,20,21). The van der Waals surface area contributed by atoms with Crippen LogP contribution in [-0.4, -0.2) is 20.2 Å². The quantitative estimate of drug-likeness (QED) is 0.788. The summed E-state index contributed by atoms with van der Waals surface area (Å²) in [6.07, 6.45) is 1.77. The highest BCUT2D eigenvalue weighted by molar-refractivity contribution is 5.61. The van der Waals surface area contributed by atoms with Gasteiger partial charge in [-0.1, -0.05) is 44.2 Å². The average Bonchev–Trinajstić information content (AvgIpc) is 2.97. The lowest BCUT2D eigenvalue weighted by atomic mass is 10.0. The van der Waals surface area contributed by atoms with Crippen LogP contribution in [0.1, 0.15) is 30.9 Å². The van der Waals surface area contributed by atoms with Crippen LogP contribution in [0.3, 0.4) is 0 Å². The van der Waals surface area contributed by atoms with Gasteiger partial charge in [0.15, 0.2) is 11.6 Å². The molecule has 2 aromatic heterocycles. The minimum absolute atomic E-state index is 0.526. The Morgan fingerprint density at radius 3 is 2.48 bits per heavy atom. The Bertz CT molecular complexity index is 741. The number of hydrogen-bond donors (Lipinski definition) is 1. The monoisotopic (exact) mass is 278 g/mol. The van der Waals surface area contributed by atoms with Crippen molar-refractivity contribution in [3.63, 3.8) is 0 Å². The van der Waals surface area contributed by atoms with Crippen molar-refractivity contribution in [2.75, 3.05) is 0 Å². The van der Waals surface area contributed by atoms with E-state index in [2.05, 4.69) is 58.3 Å². The Kier molecular flexibility index (Phi) is 3.52. The van der Waals surface area contributed by atoms with Gasteiger partial charge in [0.05, 0.1) is 0 Å². The topological polar surface area (TPSA) is 54.5 Å². The highest BCUT2D eigenvalue weighted by Crippen LogP contribution is 2.22. The molecule has 0 spiro atoms. The molecule has 0 saturated carbocycles. The number of hydrogen-bond acceptors (Lipinski definition) is 3. The summed E-state index contributed by atoms with van der Waals surface area (Å²) >= 11 is 0. The average molecular weight is 278 g/mol. The van der Waals surface area contributed by atoms with Crippen molar-refractivity contribution < 1.29 is 0 Å². The zero-order valence-corrected chi connectivity index (χ0v) is 12.5. The number of H-pyrrole nitrogens is 1. The molecule has 0 radical (unpaired) electrons. The van der Waals surface area contributed by atoms with E-state index >= 15 is 0 Å². The fourth-order valence-electron chi connectivity index (χ4n) is 2.25. The number of aromatic nitrogens is 4. The van der Waals surface area contributed by atoms with Crippen LogP contribution >= 0.6 is 0 Å². The molecule has 0 aliphatic rings. The van der Waals surface area contributed by atoms with Crippen molar-refractivity contribution in [1.29, 1.82) is 0 Å². The van der Waals surface area contributed by atoms with E-state index in [1.807, 2.05) is 19.1 Å². The molecule has 1 aromatic carbocycles. The maximum atomic E-state index is 4.56. The Hall–Kier alpha value is -2.49. The molecule has 1 N–H and O–H groups in total. The second-order valence-corrected chi connectivity index (χ2v) is 5.45. The summed E-state index contributed by atoms with van der Waals surface area (Å²) < 4.78 is 0. The molecule has 4 heteroatoms. The minimum atomic E-state index is 0.526. The summed E-state index contributed by atoms with van der Waals surface area (Å²) in [6.45, 7) is 6.38. The van der Waals surface area contributed by atoms with E-state index in [0.717, 1.165) is 16.8 Å². The number of aromatic amines is 1. The molecular formula is C17H18N4. The van der Waals surface area contributed by atoms with Crippen LogP contribution in [-0.2, 0) is 0 Å². The van der Waals surface area contributed by atoms with Gasteiger partial charge in [0, 0.05) is 11.8 Å². The van der Waals surface area contributed by atoms with Gasteiger partial charge in [-0.25, -0.2) is 4.98 Å². The highest BCUT2D eigenvalue weighted by Gasteiger charge is 2.10. The Morgan fingerprint density at radius 1 is 1.05 bits per heavy atom. The molecule has 21 heavy (non-hydrogen) atoms. The van der Waals surface area contributed by atoms with Crippen molar-refractivity contribution in [2.24, 2.45) is 0 Å². The van der Waals surface area contributed by atoms with Gasteiger partial charge >= 0.3 is 0 Å². The molecule has 0 unspecified atom stereocenters. The fourth-order valence-corrected chi connectivity index (χ4v) is 2.25. The third kappa shape index (κ3) is 2.70.